The lowest BCUT2D eigenvalue weighted by Gasteiger charge is -2.17. The van der Waals surface area contributed by atoms with Gasteiger partial charge >= 0.3 is 0 Å². The van der Waals surface area contributed by atoms with Gasteiger partial charge in [-0.3, -0.25) is 0 Å². The molecule has 0 spiro atoms. The van der Waals surface area contributed by atoms with Gasteiger partial charge in [0.15, 0.2) is 0 Å². The summed E-state index contributed by atoms with van der Waals surface area (Å²) < 4.78 is 5.68. The summed E-state index contributed by atoms with van der Waals surface area (Å²) in [5.74, 6) is 0.765. The summed E-state index contributed by atoms with van der Waals surface area (Å²) >= 11 is 0. The normalized spacial score (nSPS) is 29.5. The van der Waals surface area contributed by atoms with Crippen LogP contribution < -0.4 is 5.32 Å². The summed E-state index contributed by atoms with van der Waals surface area (Å²) in [6.07, 6.45) is 5.63. The minimum absolute atomic E-state index is 0.539. The van der Waals surface area contributed by atoms with Gasteiger partial charge in [-0.2, -0.15) is 0 Å². The van der Waals surface area contributed by atoms with Crippen molar-refractivity contribution in [2.75, 3.05) is 20.2 Å². The number of nitrogens with one attached hydrogen (secondary N) is 1. The smallest absolute Gasteiger partial charge is 0.0616 e. The monoisotopic (exact) mass is 171 g/mol. The number of ether oxygens (including phenoxy) is 1. The zero-order valence-corrected chi connectivity index (χ0v) is 8.31. The Hall–Kier alpha value is -0.0800. The van der Waals surface area contributed by atoms with E-state index >= 15 is 0 Å². The molecular formula is C10H21NO. The molecule has 0 radical (unpaired) electrons. The quantitative estimate of drug-likeness (QED) is 0.681. The highest BCUT2D eigenvalue weighted by molar-refractivity contribution is 4.77. The van der Waals surface area contributed by atoms with E-state index in [1.54, 1.807) is 0 Å². The van der Waals surface area contributed by atoms with Gasteiger partial charge in [0.05, 0.1) is 6.10 Å². The first-order valence-corrected chi connectivity index (χ1v) is 5.14. The van der Waals surface area contributed by atoms with E-state index in [9.17, 15) is 0 Å². The fourth-order valence-corrected chi connectivity index (χ4v) is 1.91. The Morgan fingerprint density at radius 1 is 1.50 bits per heavy atom. The number of hydrogen-bond donors (Lipinski definition) is 1. The molecule has 1 N–H and O–H groups in total. The molecule has 72 valence electrons. The van der Waals surface area contributed by atoms with Crippen LogP contribution in [-0.2, 0) is 4.74 Å². The van der Waals surface area contributed by atoms with Gasteiger partial charge in [-0.25, -0.2) is 0 Å². The molecule has 2 nitrogen and oxygen atoms in total. The molecule has 0 amide bonds. The third kappa shape index (κ3) is 2.76. The highest BCUT2D eigenvalue weighted by Crippen LogP contribution is 2.24. The Labute approximate surface area is 75.7 Å². The van der Waals surface area contributed by atoms with E-state index in [1.165, 1.54) is 25.7 Å². The first-order valence-electron chi connectivity index (χ1n) is 5.14. The summed E-state index contributed by atoms with van der Waals surface area (Å²) in [6.45, 7) is 4.33. The van der Waals surface area contributed by atoms with Crippen LogP contribution in [0.15, 0.2) is 0 Å². The molecule has 0 aromatic rings. The predicted molar refractivity (Wildman–Crippen MR) is 51.3 cm³/mol. The van der Waals surface area contributed by atoms with Gasteiger partial charge in [0.1, 0.15) is 0 Å². The Kier molecular flexibility index (Phi) is 4.62. The van der Waals surface area contributed by atoms with Crippen molar-refractivity contribution in [2.24, 2.45) is 5.92 Å². The zero-order valence-electron chi connectivity index (χ0n) is 8.31. The molecule has 1 rings (SSSR count). The lowest BCUT2D eigenvalue weighted by molar-refractivity contribution is 0.0818. The Morgan fingerprint density at radius 3 is 3.00 bits per heavy atom. The van der Waals surface area contributed by atoms with Crippen molar-refractivity contribution in [3.05, 3.63) is 0 Å². The van der Waals surface area contributed by atoms with E-state index in [0.29, 0.717) is 6.10 Å². The summed E-state index contributed by atoms with van der Waals surface area (Å²) in [4.78, 5) is 0. The van der Waals surface area contributed by atoms with Gasteiger partial charge in [0.2, 0.25) is 0 Å². The zero-order chi connectivity index (χ0) is 8.81. The third-order valence-corrected chi connectivity index (χ3v) is 2.65. The fraction of sp³-hybridized carbons (Fsp3) is 1.00. The summed E-state index contributed by atoms with van der Waals surface area (Å²) in [6, 6.07) is 0. The molecule has 0 aromatic heterocycles. The average Bonchev–Trinajstić information content (AvgIpc) is 2.50. The second kappa shape index (κ2) is 5.55. The molecule has 1 aliphatic rings. The Morgan fingerprint density at radius 2 is 2.33 bits per heavy atom. The van der Waals surface area contributed by atoms with Crippen molar-refractivity contribution in [1.29, 1.82) is 0 Å². The van der Waals surface area contributed by atoms with Crippen LogP contribution in [0.3, 0.4) is 0 Å². The molecule has 1 aliphatic heterocycles. The summed E-state index contributed by atoms with van der Waals surface area (Å²) in [5.41, 5.74) is 0. The first kappa shape index (κ1) is 10.0. The van der Waals surface area contributed by atoms with E-state index in [0.717, 1.165) is 19.1 Å². The molecule has 1 saturated heterocycles. The molecular weight excluding hydrogens is 150 g/mol. The maximum Gasteiger partial charge on any atom is 0.0616 e. The van der Waals surface area contributed by atoms with Crippen molar-refractivity contribution in [3.8, 4) is 0 Å². The van der Waals surface area contributed by atoms with Crippen LogP contribution in [0.2, 0.25) is 0 Å². The SMILES string of the molecule is CCCCC1OCCC1CNC. The van der Waals surface area contributed by atoms with Crippen LogP contribution >= 0.6 is 0 Å². The van der Waals surface area contributed by atoms with Gasteiger partial charge in [0, 0.05) is 13.2 Å². The highest BCUT2D eigenvalue weighted by Gasteiger charge is 2.26. The van der Waals surface area contributed by atoms with Gasteiger partial charge in [-0.15, -0.1) is 0 Å². The highest BCUT2D eigenvalue weighted by atomic mass is 16.5. The topological polar surface area (TPSA) is 21.3 Å². The van der Waals surface area contributed by atoms with E-state index < -0.39 is 0 Å². The number of unbranched alkanes of at least 4 members (excludes halogenated alkanes) is 1. The van der Waals surface area contributed by atoms with Crippen molar-refractivity contribution in [2.45, 2.75) is 38.7 Å². The van der Waals surface area contributed by atoms with Crippen LogP contribution in [0.4, 0.5) is 0 Å². The summed E-state index contributed by atoms with van der Waals surface area (Å²) in [5, 5.41) is 3.24. The van der Waals surface area contributed by atoms with E-state index in [1.807, 2.05) is 7.05 Å². The van der Waals surface area contributed by atoms with Crippen molar-refractivity contribution >= 4 is 0 Å². The first-order chi connectivity index (χ1) is 5.88. The Balaban J connectivity index is 2.20. The maximum absolute atomic E-state index is 5.68. The molecule has 0 bridgehead atoms. The minimum Gasteiger partial charge on any atom is -0.378 e. The molecule has 2 heteroatoms. The van der Waals surface area contributed by atoms with E-state index in [4.69, 9.17) is 4.74 Å². The molecule has 2 unspecified atom stereocenters. The summed E-state index contributed by atoms with van der Waals surface area (Å²) in [7, 11) is 2.02. The minimum atomic E-state index is 0.539. The molecule has 0 aromatic carbocycles. The predicted octanol–water partition coefficient (Wildman–Crippen LogP) is 1.80. The lowest BCUT2D eigenvalue weighted by Crippen LogP contribution is -2.26. The average molecular weight is 171 g/mol. The standard InChI is InChI=1S/C10H21NO/c1-3-4-5-10-9(8-11-2)6-7-12-10/h9-11H,3-8H2,1-2H3. The molecule has 2 atom stereocenters. The van der Waals surface area contributed by atoms with E-state index in [-0.39, 0.29) is 0 Å². The van der Waals surface area contributed by atoms with Crippen LogP contribution in [0.5, 0.6) is 0 Å². The second-order valence-corrected chi connectivity index (χ2v) is 3.66. The van der Waals surface area contributed by atoms with Crippen LogP contribution in [0, 0.1) is 5.92 Å². The number of hydrogen-bond acceptors (Lipinski definition) is 2. The molecule has 0 saturated carbocycles. The van der Waals surface area contributed by atoms with Gasteiger partial charge in [0.25, 0.3) is 0 Å². The van der Waals surface area contributed by atoms with Gasteiger partial charge in [-0.05, 0) is 25.8 Å². The molecule has 1 heterocycles. The van der Waals surface area contributed by atoms with Crippen LogP contribution in [0.25, 0.3) is 0 Å². The van der Waals surface area contributed by atoms with Crippen molar-refractivity contribution in [3.63, 3.8) is 0 Å². The molecule has 1 fully saturated rings. The van der Waals surface area contributed by atoms with E-state index in [2.05, 4.69) is 12.2 Å². The van der Waals surface area contributed by atoms with Crippen molar-refractivity contribution < 1.29 is 4.74 Å². The third-order valence-electron chi connectivity index (χ3n) is 2.65. The maximum atomic E-state index is 5.68. The number of rotatable bonds is 5. The van der Waals surface area contributed by atoms with Crippen LogP contribution in [0.1, 0.15) is 32.6 Å². The van der Waals surface area contributed by atoms with Crippen molar-refractivity contribution in [1.82, 2.24) is 5.32 Å². The van der Waals surface area contributed by atoms with Gasteiger partial charge in [-0.1, -0.05) is 19.8 Å². The lowest BCUT2D eigenvalue weighted by atomic mass is 9.97. The van der Waals surface area contributed by atoms with Gasteiger partial charge < -0.3 is 10.1 Å². The molecule has 12 heavy (non-hydrogen) atoms. The molecule has 0 aliphatic carbocycles. The largest absolute Gasteiger partial charge is 0.378 e. The fourth-order valence-electron chi connectivity index (χ4n) is 1.91. The second-order valence-electron chi connectivity index (χ2n) is 3.66. The Bertz CT molecular complexity index is 116. The van der Waals surface area contributed by atoms with Crippen LogP contribution in [-0.4, -0.2) is 26.3 Å².